The molecule has 0 spiro atoms. The summed E-state index contributed by atoms with van der Waals surface area (Å²) in [5, 5.41) is 0.871. The molecule has 1 fully saturated rings. The fourth-order valence-corrected chi connectivity index (χ4v) is 7.11. The highest BCUT2D eigenvalue weighted by Crippen LogP contribution is 2.35. The zero-order valence-corrected chi connectivity index (χ0v) is 19.2. The minimum absolute atomic E-state index is 0.124. The zero-order chi connectivity index (χ0) is 22.3. The Morgan fingerprint density at radius 3 is 2.38 bits per heavy atom. The van der Waals surface area contributed by atoms with Gasteiger partial charge in [-0.15, -0.1) is 22.7 Å². The van der Waals surface area contributed by atoms with Crippen LogP contribution in [0.3, 0.4) is 0 Å². The third-order valence-corrected chi connectivity index (χ3v) is 9.51. The van der Waals surface area contributed by atoms with Gasteiger partial charge in [0.2, 0.25) is 10.0 Å². The van der Waals surface area contributed by atoms with Crippen LogP contribution in [-0.4, -0.2) is 54.7 Å². The highest BCUT2D eigenvalue weighted by Gasteiger charge is 2.32. The summed E-state index contributed by atoms with van der Waals surface area (Å²) < 4.78 is 41.9. The highest BCUT2D eigenvalue weighted by molar-refractivity contribution is 7.89. The van der Waals surface area contributed by atoms with Gasteiger partial charge in [-0.1, -0.05) is 24.3 Å². The van der Waals surface area contributed by atoms with Gasteiger partial charge in [0.25, 0.3) is 5.91 Å². The molecule has 0 bridgehead atoms. The van der Waals surface area contributed by atoms with Crippen LogP contribution in [-0.2, 0) is 10.0 Å². The summed E-state index contributed by atoms with van der Waals surface area (Å²) in [5.74, 6) is -0.905. The molecule has 0 unspecified atom stereocenters. The number of benzene rings is 2. The Morgan fingerprint density at radius 1 is 0.906 bits per heavy atom. The number of rotatable bonds is 4. The highest BCUT2D eigenvalue weighted by atomic mass is 32.2. The maximum atomic E-state index is 14.0. The summed E-state index contributed by atoms with van der Waals surface area (Å²) in [6.07, 6.45) is 0. The van der Waals surface area contributed by atoms with Crippen LogP contribution in [0.1, 0.15) is 9.67 Å². The van der Waals surface area contributed by atoms with E-state index in [4.69, 9.17) is 0 Å². The van der Waals surface area contributed by atoms with Crippen molar-refractivity contribution in [2.45, 2.75) is 4.90 Å². The summed E-state index contributed by atoms with van der Waals surface area (Å²) in [7, 11) is -3.94. The summed E-state index contributed by atoms with van der Waals surface area (Å²) >= 11 is 2.97. The molecular formula is C22H18FN3O3S3. The smallest absolute Gasteiger partial charge is 0.264 e. The number of aromatic nitrogens is 1. The Labute approximate surface area is 192 Å². The van der Waals surface area contributed by atoms with Crippen molar-refractivity contribution in [1.82, 2.24) is 14.2 Å². The number of hydrogen-bond acceptors (Lipinski definition) is 6. The van der Waals surface area contributed by atoms with Crippen LogP contribution in [0.5, 0.6) is 0 Å². The number of thiophene rings is 1. The van der Waals surface area contributed by atoms with Crippen LogP contribution in [0, 0.1) is 5.82 Å². The number of fused-ring (bicyclic) bond motifs is 1. The molecule has 0 N–H and O–H groups in total. The molecule has 0 saturated carbocycles. The predicted molar refractivity (Wildman–Crippen MR) is 124 cm³/mol. The van der Waals surface area contributed by atoms with Gasteiger partial charge >= 0.3 is 0 Å². The second-order valence-electron chi connectivity index (χ2n) is 7.28. The van der Waals surface area contributed by atoms with Crippen LogP contribution in [0.2, 0.25) is 0 Å². The van der Waals surface area contributed by atoms with E-state index in [9.17, 15) is 17.6 Å². The van der Waals surface area contributed by atoms with Gasteiger partial charge in [-0.2, -0.15) is 4.31 Å². The fraction of sp³-hybridized carbons (Fsp3) is 0.182. The Morgan fingerprint density at radius 2 is 1.62 bits per heavy atom. The maximum Gasteiger partial charge on any atom is 0.264 e. The minimum Gasteiger partial charge on any atom is -0.335 e. The summed E-state index contributed by atoms with van der Waals surface area (Å²) in [4.78, 5) is 20.4. The normalized spacial score (nSPS) is 15.3. The SMILES string of the molecule is O=C(c1ccc(-c2nc3ccccc3s2)s1)N1CCN(S(=O)(=O)c2ccccc2F)CC1. The van der Waals surface area contributed by atoms with Gasteiger partial charge < -0.3 is 4.90 Å². The van der Waals surface area contributed by atoms with Crippen LogP contribution >= 0.6 is 22.7 Å². The fourth-order valence-electron chi connectivity index (χ4n) is 3.63. The molecular weight excluding hydrogens is 469 g/mol. The second kappa shape index (κ2) is 8.36. The quantitative estimate of drug-likeness (QED) is 0.430. The third kappa shape index (κ3) is 3.83. The molecule has 1 aliphatic rings. The van der Waals surface area contributed by atoms with E-state index in [-0.39, 0.29) is 37.0 Å². The van der Waals surface area contributed by atoms with Crippen molar-refractivity contribution in [2.75, 3.05) is 26.2 Å². The largest absolute Gasteiger partial charge is 0.335 e. The van der Waals surface area contributed by atoms with E-state index in [2.05, 4.69) is 4.98 Å². The lowest BCUT2D eigenvalue weighted by atomic mass is 10.3. The first-order chi connectivity index (χ1) is 15.4. The standard InChI is InChI=1S/C22H18FN3O3S3/c23-15-5-1-4-8-20(15)32(28,29)26-13-11-25(12-14-26)22(27)19-10-9-18(30-19)21-24-16-6-2-3-7-17(16)31-21/h1-10H,11-14H2. The van der Waals surface area contributed by atoms with E-state index >= 15 is 0 Å². The molecule has 0 atom stereocenters. The number of piperazine rings is 1. The number of nitrogens with zero attached hydrogens (tertiary/aromatic N) is 3. The van der Waals surface area contributed by atoms with Crippen molar-refractivity contribution < 1.29 is 17.6 Å². The molecule has 3 heterocycles. The number of halogens is 1. The Hall–Kier alpha value is -2.66. The van der Waals surface area contributed by atoms with Crippen molar-refractivity contribution in [3.63, 3.8) is 0 Å². The van der Waals surface area contributed by atoms with Gasteiger partial charge in [-0.3, -0.25) is 4.79 Å². The average molecular weight is 488 g/mol. The van der Waals surface area contributed by atoms with Gasteiger partial charge in [0.15, 0.2) is 0 Å². The van der Waals surface area contributed by atoms with Crippen LogP contribution in [0.4, 0.5) is 4.39 Å². The molecule has 32 heavy (non-hydrogen) atoms. The molecule has 1 amide bonds. The summed E-state index contributed by atoms with van der Waals surface area (Å²) in [6.45, 7) is 0.749. The van der Waals surface area contributed by atoms with E-state index in [1.807, 2.05) is 30.3 Å². The molecule has 1 saturated heterocycles. The predicted octanol–water partition coefficient (Wildman–Crippen LogP) is 4.31. The molecule has 6 nitrogen and oxygen atoms in total. The molecule has 5 rings (SSSR count). The zero-order valence-electron chi connectivity index (χ0n) is 16.8. The summed E-state index contributed by atoms with van der Waals surface area (Å²) in [6, 6.07) is 16.9. The second-order valence-corrected chi connectivity index (χ2v) is 11.3. The molecule has 164 valence electrons. The van der Waals surface area contributed by atoms with Gasteiger partial charge in [0.1, 0.15) is 15.7 Å². The first kappa shape index (κ1) is 21.2. The van der Waals surface area contributed by atoms with Crippen molar-refractivity contribution in [3.05, 3.63) is 71.4 Å². The Bertz CT molecular complexity index is 1370. The van der Waals surface area contributed by atoms with Gasteiger partial charge in [-0.25, -0.2) is 17.8 Å². The van der Waals surface area contributed by atoms with E-state index in [1.165, 1.54) is 33.8 Å². The number of hydrogen-bond donors (Lipinski definition) is 0. The van der Waals surface area contributed by atoms with E-state index in [0.717, 1.165) is 26.2 Å². The average Bonchev–Trinajstić information content (AvgIpc) is 3.46. The number of carbonyl (C=O) groups is 1. The first-order valence-corrected chi connectivity index (χ1v) is 13.0. The van der Waals surface area contributed by atoms with Crippen molar-refractivity contribution >= 4 is 48.8 Å². The van der Waals surface area contributed by atoms with Gasteiger partial charge in [0, 0.05) is 26.2 Å². The van der Waals surface area contributed by atoms with Crippen molar-refractivity contribution in [2.24, 2.45) is 0 Å². The molecule has 0 aliphatic carbocycles. The van der Waals surface area contributed by atoms with Crippen LogP contribution in [0.15, 0.2) is 65.6 Å². The number of carbonyl (C=O) groups excluding carboxylic acids is 1. The number of para-hydroxylation sites is 1. The van der Waals surface area contributed by atoms with Crippen molar-refractivity contribution in [3.8, 4) is 9.88 Å². The third-order valence-electron chi connectivity index (χ3n) is 5.30. The number of sulfonamides is 1. The lowest BCUT2D eigenvalue weighted by molar-refractivity contribution is 0.0702. The lowest BCUT2D eigenvalue weighted by Gasteiger charge is -2.33. The Balaban J connectivity index is 1.28. The van der Waals surface area contributed by atoms with Gasteiger partial charge in [0.05, 0.1) is 20.0 Å². The molecule has 2 aromatic heterocycles. The van der Waals surface area contributed by atoms with E-state index < -0.39 is 15.8 Å². The molecule has 1 aliphatic heterocycles. The number of amides is 1. The number of thiazole rings is 1. The topological polar surface area (TPSA) is 70.6 Å². The van der Waals surface area contributed by atoms with Gasteiger partial charge in [-0.05, 0) is 36.4 Å². The van der Waals surface area contributed by atoms with Crippen LogP contribution in [0.25, 0.3) is 20.1 Å². The monoisotopic (exact) mass is 487 g/mol. The van der Waals surface area contributed by atoms with E-state index in [0.29, 0.717) is 4.88 Å². The van der Waals surface area contributed by atoms with Crippen molar-refractivity contribution in [1.29, 1.82) is 0 Å². The lowest BCUT2D eigenvalue weighted by Crippen LogP contribution is -2.50. The molecule has 2 aromatic carbocycles. The minimum atomic E-state index is -3.94. The Kier molecular flexibility index (Phi) is 5.54. The maximum absolute atomic E-state index is 14.0. The summed E-state index contributed by atoms with van der Waals surface area (Å²) in [5.41, 5.74) is 0.931. The molecule has 0 radical (unpaired) electrons. The van der Waals surface area contributed by atoms with E-state index in [1.54, 1.807) is 22.3 Å². The molecule has 4 aromatic rings. The molecule has 10 heteroatoms. The first-order valence-electron chi connectivity index (χ1n) is 9.93. The van der Waals surface area contributed by atoms with Crippen LogP contribution < -0.4 is 0 Å².